The van der Waals surface area contributed by atoms with E-state index in [1.807, 2.05) is 0 Å². The third-order valence-corrected chi connectivity index (χ3v) is 5.64. The summed E-state index contributed by atoms with van der Waals surface area (Å²) in [4.78, 5) is 39.0. The number of hydrogen-bond acceptors (Lipinski definition) is 7. The second kappa shape index (κ2) is 10.7. The van der Waals surface area contributed by atoms with Gasteiger partial charge in [0.05, 0.1) is 20.1 Å². The molecule has 4 rings (SSSR count). The van der Waals surface area contributed by atoms with Crippen molar-refractivity contribution >= 4 is 23.3 Å². The zero-order chi connectivity index (χ0) is 24.8. The second-order valence-corrected chi connectivity index (χ2v) is 7.94. The van der Waals surface area contributed by atoms with Crippen LogP contribution in [0.5, 0.6) is 23.0 Å². The molecule has 8 heteroatoms. The van der Waals surface area contributed by atoms with Gasteiger partial charge in [-0.1, -0.05) is 12.1 Å². The Hall–Kier alpha value is -4.33. The van der Waals surface area contributed by atoms with Crippen molar-refractivity contribution in [3.63, 3.8) is 0 Å². The number of anilines is 1. The average Bonchev–Trinajstić information content (AvgIpc) is 3.29. The van der Waals surface area contributed by atoms with E-state index in [4.69, 9.17) is 18.9 Å². The standard InChI is InChI=1S/C27H25NO7/c1-32-21-10-12-23(13-11-21)35-22-8-6-20(7-9-22)28-16-19(15-26(28)30)27(31)34-17-25(29)18-4-3-5-24(14-18)33-2/h3-14,19H,15-17H2,1-2H3/t19-/m0/s1. The first kappa shape index (κ1) is 23.8. The van der Waals surface area contributed by atoms with Gasteiger partial charge in [0, 0.05) is 24.2 Å². The molecule has 0 saturated carbocycles. The maximum Gasteiger partial charge on any atom is 0.311 e. The van der Waals surface area contributed by atoms with Crippen LogP contribution in [0, 0.1) is 5.92 Å². The van der Waals surface area contributed by atoms with Crippen molar-refractivity contribution in [3.05, 3.63) is 78.4 Å². The first-order chi connectivity index (χ1) is 17.0. The third-order valence-electron chi connectivity index (χ3n) is 5.64. The minimum atomic E-state index is -0.643. The van der Waals surface area contributed by atoms with E-state index in [0.717, 1.165) is 5.75 Å². The van der Waals surface area contributed by atoms with Crippen LogP contribution in [0.2, 0.25) is 0 Å². The van der Waals surface area contributed by atoms with Gasteiger partial charge < -0.3 is 23.8 Å². The Morgan fingerprint density at radius 2 is 1.49 bits per heavy atom. The Balaban J connectivity index is 1.32. The number of Topliss-reactive ketones (excluding diaryl/α,β-unsaturated/α-hetero) is 1. The lowest BCUT2D eigenvalue weighted by molar-refractivity contribution is -0.147. The Kier molecular flexibility index (Phi) is 7.30. The summed E-state index contributed by atoms with van der Waals surface area (Å²) in [5, 5.41) is 0. The van der Waals surface area contributed by atoms with Crippen LogP contribution in [0.25, 0.3) is 0 Å². The highest BCUT2D eigenvalue weighted by Crippen LogP contribution is 2.29. The highest BCUT2D eigenvalue weighted by Gasteiger charge is 2.36. The highest BCUT2D eigenvalue weighted by atomic mass is 16.5. The van der Waals surface area contributed by atoms with E-state index < -0.39 is 18.5 Å². The highest BCUT2D eigenvalue weighted by molar-refractivity contribution is 6.01. The predicted octanol–water partition coefficient (Wildman–Crippen LogP) is 4.28. The lowest BCUT2D eigenvalue weighted by Gasteiger charge is -2.17. The van der Waals surface area contributed by atoms with Crippen molar-refractivity contribution < 1.29 is 33.3 Å². The van der Waals surface area contributed by atoms with Crippen molar-refractivity contribution in [2.75, 3.05) is 32.3 Å². The fourth-order valence-electron chi connectivity index (χ4n) is 3.72. The van der Waals surface area contributed by atoms with Gasteiger partial charge in [0.25, 0.3) is 0 Å². The quantitative estimate of drug-likeness (QED) is 0.337. The minimum Gasteiger partial charge on any atom is -0.497 e. The summed E-state index contributed by atoms with van der Waals surface area (Å²) >= 11 is 0. The van der Waals surface area contributed by atoms with Gasteiger partial charge >= 0.3 is 5.97 Å². The normalized spacial score (nSPS) is 15.0. The van der Waals surface area contributed by atoms with Gasteiger partial charge in [0.1, 0.15) is 23.0 Å². The molecule has 0 N–H and O–H groups in total. The molecule has 8 nitrogen and oxygen atoms in total. The van der Waals surface area contributed by atoms with Crippen molar-refractivity contribution in [1.82, 2.24) is 0 Å². The molecule has 0 aromatic heterocycles. The zero-order valence-electron chi connectivity index (χ0n) is 19.4. The second-order valence-electron chi connectivity index (χ2n) is 7.94. The van der Waals surface area contributed by atoms with Crippen LogP contribution in [0.3, 0.4) is 0 Å². The summed E-state index contributed by atoms with van der Waals surface area (Å²) in [6.07, 6.45) is 0.0241. The van der Waals surface area contributed by atoms with Gasteiger partial charge in [-0.3, -0.25) is 14.4 Å². The zero-order valence-corrected chi connectivity index (χ0v) is 19.4. The molecule has 1 saturated heterocycles. The molecule has 1 aliphatic heterocycles. The maximum atomic E-state index is 12.6. The Labute approximate surface area is 203 Å². The van der Waals surface area contributed by atoms with E-state index in [2.05, 4.69) is 0 Å². The van der Waals surface area contributed by atoms with Crippen LogP contribution in [0.4, 0.5) is 5.69 Å². The molecule has 1 atom stereocenters. The predicted molar refractivity (Wildman–Crippen MR) is 128 cm³/mol. The van der Waals surface area contributed by atoms with E-state index >= 15 is 0 Å². The van der Waals surface area contributed by atoms with Gasteiger partial charge in [0.15, 0.2) is 12.4 Å². The fourth-order valence-corrected chi connectivity index (χ4v) is 3.72. The largest absolute Gasteiger partial charge is 0.497 e. The Bertz CT molecular complexity index is 1200. The first-order valence-corrected chi connectivity index (χ1v) is 11.0. The van der Waals surface area contributed by atoms with Crippen molar-refractivity contribution in [2.45, 2.75) is 6.42 Å². The number of nitrogens with zero attached hydrogens (tertiary/aromatic N) is 1. The maximum absolute atomic E-state index is 12.6. The number of rotatable bonds is 9. The molecule has 1 aliphatic rings. The summed E-state index contributed by atoms with van der Waals surface area (Å²) in [6.45, 7) is -0.211. The summed E-state index contributed by atoms with van der Waals surface area (Å²) in [7, 11) is 3.11. The number of ether oxygens (including phenoxy) is 4. The molecule has 1 heterocycles. The van der Waals surface area contributed by atoms with Crippen LogP contribution in [-0.4, -0.2) is 45.0 Å². The van der Waals surface area contributed by atoms with Gasteiger partial charge in [-0.15, -0.1) is 0 Å². The number of amides is 1. The van der Waals surface area contributed by atoms with Gasteiger partial charge in [0.2, 0.25) is 5.91 Å². The number of hydrogen-bond donors (Lipinski definition) is 0. The molecule has 1 amide bonds. The SMILES string of the molecule is COc1ccc(Oc2ccc(N3C[C@@H](C(=O)OCC(=O)c4cccc(OC)c4)CC3=O)cc2)cc1. The van der Waals surface area contributed by atoms with Crippen molar-refractivity contribution in [1.29, 1.82) is 0 Å². The first-order valence-electron chi connectivity index (χ1n) is 11.0. The van der Waals surface area contributed by atoms with Gasteiger partial charge in [-0.25, -0.2) is 0 Å². The number of methoxy groups -OCH3 is 2. The van der Waals surface area contributed by atoms with E-state index in [1.165, 1.54) is 12.0 Å². The summed E-state index contributed by atoms with van der Waals surface area (Å²) < 4.78 is 21.3. The van der Waals surface area contributed by atoms with Crippen LogP contribution >= 0.6 is 0 Å². The van der Waals surface area contributed by atoms with E-state index in [-0.39, 0.29) is 24.7 Å². The number of carbonyl (C=O) groups is 3. The van der Waals surface area contributed by atoms with Crippen molar-refractivity contribution in [2.24, 2.45) is 5.92 Å². The molecular weight excluding hydrogens is 450 g/mol. The average molecular weight is 475 g/mol. The molecule has 180 valence electrons. The number of ketones is 1. The van der Waals surface area contributed by atoms with Gasteiger partial charge in [-0.05, 0) is 60.7 Å². The molecule has 0 spiro atoms. The lowest BCUT2D eigenvalue weighted by Crippen LogP contribution is -2.27. The molecule has 35 heavy (non-hydrogen) atoms. The fraction of sp³-hybridized carbons (Fsp3) is 0.222. The number of benzene rings is 3. The molecule has 3 aromatic rings. The number of esters is 1. The summed E-state index contributed by atoms with van der Waals surface area (Å²) in [5.41, 5.74) is 1.04. The summed E-state index contributed by atoms with van der Waals surface area (Å²) in [6, 6.07) is 20.9. The minimum absolute atomic E-state index is 0.0241. The monoisotopic (exact) mass is 475 g/mol. The molecule has 0 bridgehead atoms. The molecule has 0 unspecified atom stereocenters. The van der Waals surface area contributed by atoms with Crippen LogP contribution in [-0.2, 0) is 14.3 Å². The van der Waals surface area contributed by atoms with E-state index in [9.17, 15) is 14.4 Å². The molecular formula is C27H25NO7. The van der Waals surface area contributed by atoms with Crippen LogP contribution in [0.15, 0.2) is 72.8 Å². The number of carbonyl (C=O) groups excluding carboxylic acids is 3. The molecule has 0 aliphatic carbocycles. The molecule has 0 radical (unpaired) electrons. The molecule has 3 aromatic carbocycles. The van der Waals surface area contributed by atoms with Crippen LogP contribution < -0.4 is 19.1 Å². The summed E-state index contributed by atoms with van der Waals surface area (Å²) in [5.74, 6) is 0.797. The topological polar surface area (TPSA) is 91.4 Å². The smallest absolute Gasteiger partial charge is 0.311 e. The van der Waals surface area contributed by atoms with E-state index in [0.29, 0.717) is 28.5 Å². The lowest BCUT2D eigenvalue weighted by atomic mass is 10.1. The van der Waals surface area contributed by atoms with Crippen LogP contribution in [0.1, 0.15) is 16.8 Å². The van der Waals surface area contributed by atoms with Crippen molar-refractivity contribution in [3.8, 4) is 23.0 Å². The van der Waals surface area contributed by atoms with Gasteiger partial charge in [-0.2, -0.15) is 0 Å². The Morgan fingerprint density at radius 1 is 0.857 bits per heavy atom. The van der Waals surface area contributed by atoms with E-state index in [1.54, 1.807) is 79.9 Å². The molecule has 1 fully saturated rings. The Morgan fingerprint density at radius 3 is 2.14 bits per heavy atom. The third kappa shape index (κ3) is 5.78.